The maximum Gasteiger partial charge on any atom is 0.255 e. The van der Waals surface area contributed by atoms with Gasteiger partial charge in [-0.25, -0.2) is 9.97 Å². The first-order valence-electron chi connectivity index (χ1n) is 14.1. The van der Waals surface area contributed by atoms with E-state index in [4.69, 9.17) is 4.98 Å². The molecular formula is C30H34N8O2. The van der Waals surface area contributed by atoms with E-state index in [2.05, 4.69) is 49.9 Å². The summed E-state index contributed by atoms with van der Waals surface area (Å²) in [4.78, 5) is 45.7. The molecule has 206 valence electrons. The van der Waals surface area contributed by atoms with E-state index in [1.165, 1.54) is 18.4 Å². The van der Waals surface area contributed by atoms with E-state index in [9.17, 15) is 14.9 Å². The van der Waals surface area contributed by atoms with Crippen LogP contribution in [0.1, 0.15) is 71.6 Å². The van der Waals surface area contributed by atoms with E-state index in [-0.39, 0.29) is 23.7 Å². The zero-order chi connectivity index (χ0) is 27.8. The minimum absolute atomic E-state index is 0.00567. The lowest BCUT2D eigenvalue weighted by atomic mass is 9.97. The van der Waals surface area contributed by atoms with Crippen molar-refractivity contribution in [2.75, 3.05) is 32.5 Å². The quantitative estimate of drug-likeness (QED) is 0.375. The number of nitriles is 1. The van der Waals surface area contributed by atoms with Gasteiger partial charge in [-0.1, -0.05) is 12.1 Å². The third-order valence-electron chi connectivity index (χ3n) is 8.34. The van der Waals surface area contributed by atoms with Gasteiger partial charge in [0.1, 0.15) is 17.3 Å². The number of fused-ring (bicyclic) bond motifs is 1. The fraction of sp³-hybridized carbons (Fsp3) is 0.467. The Kier molecular flexibility index (Phi) is 6.96. The number of nitrogens with zero attached hydrogens (tertiary/aromatic N) is 5. The van der Waals surface area contributed by atoms with Crippen molar-refractivity contribution in [3.63, 3.8) is 0 Å². The molecule has 0 unspecified atom stereocenters. The Labute approximate surface area is 233 Å². The predicted molar refractivity (Wildman–Crippen MR) is 152 cm³/mol. The highest BCUT2D eigenvalue weighted by molar-refractivity contribution is 6.16. The third kappa shape index (κ3) is 5.04. The molecule has 0 spiro atoms. The molecule has 1 aromatic carbocycles. The zero-order valence-electron chi connectivity index (χ0n) is 22.9. The van der Waals surface area contributed by atoms with E-state index in [1.54, 1.807) is 24.3 Å². The van der Waals surface area contributed by atoms with Crippen LogP contribution in [0.2, 0.25) is 0 Å². The number of hydrogen-bond acceptors (Lipinski definition) is 7. The normalized spacial score (nSPS) is 18.8. The van der Waals surface area contributed by atoms with Crippen LogP contribution in [-0.4, -0.2) is 70.6 Å². The summed E-state index contributed by atoms with van der Waals surface area (Å²) in [5.41, 5.74) is 5.75. The Morgan fingerprint density at radius 1 is 1.15 bits per heavy atom. The summed E-state index contributed by atoms with van der Waals surface area (Å²) in [6.07, 6.45) is 8.89. The lowest BCUT2D eigenvalue weighted by Gasteiger charge is -2.32. The molecule has 2 aromatic heterocycles. The molecule has 10 nitrogen and oxygen atoms in total. The van der Waals surface area contributed by atoms with Gasteiger partial charge in [0, 0.05) is 50.6 Å². The minimum Gasteiger partial charge on any atom is -0.388 e. The van der Waals surface area contributed by atoms with Crippen molar-refractivity contribution in [2.45, 2.75) is 50.5 Å². The number of hydrogen-bond donors (Lipinski definition) is 3. The smallest absolute Gasteiger partial charge is 0.255 e. The summed E-state index contributed by atoms with van der Waals surface area (Å²) in [6.45, 7) is 1.10. The number of carbonyl (C=O) groups is 2. The molecule has 3 aromatic rings. The molecule has 3 aliphatic rings. The summed E-state index contributed by atoms with van der Waals surface area (Å²) in [5, 5.41) is 15.5. The zero-order valence-corrected chi connectivity index (χ0v) is 22.9. The molecule has 1 saturated heterocycles. The standard InChI is InChI=1S/C30H34N8O2/c1-32-23-13-20(18-3-4-18)7-8-21(23)26(33-2)24-16-35-28-27(36-24)22(15-34-28)29(39)37-25(19-5-6-19)30(40)38-11-9-17(14-31)10-12-38/h7-8,13,15-19,25,32H,3-6,9-12H2,1-2H3,(H,34,35)(H,37,39)/b33-26+/t25-/m1/s1. The number of nitrogens with one attached hydrogen (secondary N) is 3. The Hall–Kier alpha value is -4.26. The molecule has 1 atom stereocenters. The van der Waals surface area contributed by atoms with Gasteiger partial charge < -0.3 is 20.5 Å². The van der Waals surface area contributed by atoms with Crippen molar-refractivity contribution in [2.24, 2.45) is 16.8 Å². The van der Waals surface area contributed by atoms with E-state index >= 15 is 0 Å². The number of likely N-dealkylation sites (tertiary alicyclic amines) is 1. The number of aliphatic imine (C=N–C) groups is 1. The monoisotopic (exact) mass is 538 g/mol. The van der Waals surface area contributed by atoms with Crippen LogP contribution in [-0.2, 0) is 4.79 Å². The van der Waals surface area contributed by atoms with Crippen LogP contribution in [0.4, 0.5) is 5.69 Å². The number of piperidine rings is 1. The molecule has 3 fully saturated rings. The molecular weight excluding hydrogens is 504 g/mol. The van der Waals surface area contributed by atoms with Gasteiger partial charge in [-0.3, -0.25) is 14.6 Å². The second kappa shape index (κ2) is 10.7. The van der Waals surface area contributed by atoms with Crippen LogP contribution in [0.25, 0.3) is 11.2 Å². The average Bonchev–Trinajstić information content (AvgIpc) is 3.93. The fourth-order valence-corrected chi connectivity index (χ4v) is 5.65. The summed E-state index contributed by atoms with van der Waals surface area (Å²) < 4.78 is 0. The largest absolute Gasteiger partial charge is 0.388 e. The van der Waals surface area contributed by atoms with Crippen LogP contribution in [0.3, 0.4) is 0 Å². The maximum atomic E-state index is 13.5. The van der Waals surface area contributed by atoms with Gasteiger partial charge in [0.25, 0.3) is 5.91 Å². The van der Waals surface area contributed by atoms with Gasteiger partial charge >= 0.3 is 0 Å². The number of aromatic nitrogens is 3. The summed E-state index contributed by atoms with van der Waals surface area (Å²) in [7, 11) is 3.63. The van der Waals surface area contributed by atoms with Crippen molar-refractivity contribution in [3.8, 4) is 6.07 Å². The topological polar surface area (TPSA) is 139 Å². The molecule has 0 bridgehead atoms. The first kappa shape index (κ1) is 26.0. The molecule has 2 amide bonds. The molecule has 3 N–H and O–H groups in total. The Morgan fingerprint density at radius 3 is 2.58 bits per heavy atom. The Balaban J connectivity index is 1.25. The highest BCUT2D eigenvalue weighted by Gasteiger charge is 2.40. The second-order valence-electron chi connectivity index (χ2n) is 11.1. The number of benzene rings is 1. The molecule has 2 aliphatic carbocycles. The van der Waals surface area contributed by atoms with Crippen molar-refractivity contribution < 1.29 is 9.59 Å². The van der Waals surface area contributed by atoms with Crippen molar-refractivity contribution in [3.05, 3.63) is 53.0 Å². The molecule has 40 heavy (non-hydrogen) atoms. The number of carbonyl (C=O) groups excluding carboxylic acids is 2. The molecule has 2 saturated carbocycles. The third-order valence-corrected chi connectivity index (χ3v) is 8.34. The van der Waals surface area contributed by atoms with Gasteiger partial charge in [0.15, 0.2) is 5.65 Å². The van der Waals surface area contributed by atoms with Crippen LogP contribution >= 0.6 is 0 Å². The predicted octanol–water partition coefficient (Wildman–Crippen LogP) is 3.61. The first-order chi connectivity index (χ1) is 19.5. The molecule has 10 heteroatoms. The number of anilines is 1. The average molecular weight is 539 g/mol. The number of rotatable bonds is 8. The van der Waals surface area contributed by atoms with Crippen LogP contribution in [0.15, 0.2) is 35.6 Å². The lowest BCUT2D eigenvalue weighted by Crippen LogP contribution is -2.51. The lowest BCUT2D eigenvalue weighted by molar-refractivity contribution is -0.135. The second-order valence-corrected chi connectivity index (χ2v) is 11.1. The highest BCUT2D eigenvalue weighted by Crippen LogP contribution is 2.41. The van der Waals surface area contributed by atoms with Gasteiger partial charge in [-0.2, -0.15) is 5.26 Å². The van der Waals surface area contributed by atoms with E-state index in [1.807, 2.05) is 7.05 Å². The minimum atomic E-state index is -0.580. The highest BCUT2D eigenvalue weighted by atomic mass is 16.2. The first-order valence-corrected chi connectivity index (χ1v) is 14.1. The number of aromatic amines is 1. The maximum absolute atomic E-state index is 13.5. The van der Waals surface area contributed by atoms with Crippen molar-refractivity contribution >= 4 is 34.4 Å². The van der Waals surface area contributed by atoms with Gasteiger partial charge in [0.2, 0.25) is 5.91 Å². The van der Waals surface area contributed by atoms with E-state index in [0.717, 1.165) is 24.1 Å². The number of amides is 2. The van der Waals surface area contributed by atoms with Gasteiger partial charge in [-0.05, 0) is 62.0 Å². The van der Waals surface area contributed by atoms with Crippen LogP contribution in [0, 0.1) is 23.2 Å². The molecule has 3 heterocycles. The summed E-state index contributed by atoms with van der Waals surface area (Å²) in [6, 6.07) is 8.12. The molecule has 1 aliphatic heterocycles. The number of H-pyrrole nitrogens is 1. The summed E-state index contributed by atoms with van der Waals surface area (Å²) in [5.74, 6) is 0.349. The van der Waals surface area contributed by atoms with Gasteiger partial charge in [0.05, 0.1) is 23.5 Å². The van der Waals surface area contributed by atoms with Gasteiger partial charge in [-0.15, -0.1) is 0 Å². The van der Waals surface area contributed by atoms with E-state index < -0.39 is 6.04 Å². The van der Waals surface area contributed by atoms with Crippen molar-refractivity contribution in [1.82, 2.24) is 25.2 Å². The Morgan fingerprint density at radius 2 is 1.93 bits per heavy atom. The molecule has 6 rings (SSSR count). The SMILES string of the molecule is C/N=C(/c1cnc2[nH]cc(C(=O)N[C@@H](C(=O)N3CCC(C#N)CC3)C3CC3)c2n1)c1ccc(C2CC2)cc1NC. The van der Waals surface area contributed by atoms with Crippen LogP contribution < -0.4 is 10.6 Å². The van der Waals surface area contributed by atoms with Crippen molar-refractivity contribution in [1.29, 1.82) is 5.26 Å². The van der Waals surface area contributed by atoms with Crippen LogP contribution in [0.5, 0.6) is 0 Å². The Bertz CT molecular complexity index is 1520. The van der Waals surface area contributed by atoms with E-state index in [0.29, 0.717) is 60.0 Å². The molecule has 0 radical (unpaired) electrons. The summed E-state index contributed by atoms with van der Waals surface area (Å²) >= 11 is 0. The fourth-order valence-electron chi connectivity index (χ4n) is 5.65.